The molecule has 21 heavy (non-hydrogen) atoms. The van der Waals surface area contributed by atoms with Gasteiger partial charge < -0.3 is 4.57 Å². The van der Waals surface area contributed by atoms with E-state index in [-0.39, 0.29) is 0 Å². The number of benzene rings is 1. The van der Waals surface area contributed by atoms with Gasteiger partial charge in [0, 0.05) is 18.2 Å². The minimum Gasteiger partial charge on any atom is -0.302 e. The summed E-state index contributed by atoms with van der Waals surface area (Å²) in [4.78, 5) is 0. The van der Waals surface area contributed by atoms with Crippen LogP contribution in [0, 0.1) is 0 Å². The summed E-state index contributed by atoms with van der Waals surface area (Å²) in [5.41, 5.74) is 1.41. The van der Waals surface area contributed by atoms with E-state index in [0.29, 0.717) is 5.92 Å². The van der Waals surface area contributed by atoms with Crippen LogP contribution in [-0.2, 0) is 13.0 Å². The molecule has 110 valence electrons. The Morgan fingerprint density at radius 3 is 2.76 bits per heavy atom. The van der Waals surface area contributed by atoms with Gasteiger partial charge in [-0.15, -0.1) is 16.8 Å². The van der Waals surface area contributed by atoms with E-state index in [2.05, 4.69) is 51.7 Å². The number of thioether (sulfide) groups is 1. The predicted octanol–water partition coefficient (Wildman–Crippen LogP) is 4.07. The van der Waals surface area contributed by atoms with E-state index in [1.165, 1.54) is 18.4 Å². The van der Waals surface area contributed by atoms with Crippen LogP contribution in [0.5, 0.6) is 0 Å². The number of aryl methyl sites for hydroxylation is 1. The van der Waals surface area contributed by atoms with Gasteiger partial charge in [0.1, 0.15) is 5.82 Å². The molecule has 1 aromatic heterocycles. The lowest BCUT2D eigenvalue weighted by Crippen LogP contribution is -2.03. The SMILES string of the molecule is C=CCn1c(SCCCc2ccccc2)nnc1C1CC1. The van der Waals surface area contributed by atoms with Gasteiger partial charge in [0.15, 0.2) is 5.16 Å². The third kappa shape index (κ3) is 3.76. The van der Waals surface area contributed by atoms with Crippen LogP contribution < -0.4 is 0 Å². The Balaban J connectivity index is 1.54. The highest BCUT2D eigenvalue weighted by Gasteiger charge is 2.29. The molecule has 0 amide bonds. The molecule has 3 nitrogen and oxygen atoms in total. The molecule has 0 spiro atoms. The van der Waals surface area contributed by atoms with Gasteiger partial charge in [-0.1, -0.05) is 48.2 Å². The Kier molecular flexibility index (Phi) is 4.76. The molecule has 1 fully saturated rings. The number of nitrogens with zero attached hydrogens (tertiary/aromatic N) is 3. The van der Waals surface area contributed by atoms with Gasteiger partial charge in [-0.3, -0.25) is 0 Å². The summed E-state index contributed by atoms with van der Waals surface area (Å²) in [6.07, 6.45) is 6.73. The average Bonchev–Trinajstić information content (AvgIpc) is 3.28. The van der Waals surface area contributed by atoms with Crippen molar-refractivity contribution in [3.63, 3.8) is 0 Å². The number of aromatic nitrogens is 3. The second kappa shape index (κ2) is 6.94. The summed E-state index contributed by atoms with van der Waals surface area (Å²) in [7, 11) is 0. The van der Waals surface area contributed by atoms with Crippen molar-refractivity contribution in [2.75, 3.05) is 5.75 Å². The number of allylic oxidation sites excluding steroid dienone is 1. The molecule has 1 aromatic carbocycles. The first-order valence-corrected chi connectivity index (χ1v) is 8.57. The molecule has 0 atom stereocenters. The molecule has 2 aromatic rings. The highest BCUT2D eigenvalue weighted by atomic mass is 32.2. The number of hydrogen-bond acceptors (Lipinski definition) is 3. The highest BCUT2D eigenvalue weighted by Crippen LogP contribution is 2.40. The van der Waals surface area contributed by atoms with Crippen molar-refractivity contribution in [2.24, 2.45) is 0 Å². The molecule has 3 rings (SSSR count). The Labute approximate surface area is 130 Å². The second-order valence-corrected chi connectivity index (χ2v) is 6.51. The second-order valence-electron chi connectivity index (χ2n) is 5.45. The Morgan fingerprint density at radius 1 is 1.24 bits per heavy atom. The third-order valence-corrected chi connectivity index (χ3v) is 4.74. The van der Waals surface area contributed by atoms with Crippen molar-refractivity contribution in [1.29, 1.82) is 0 Å². The van der Waals surface area contributed by atoms with Crippen LogP contribution in [-0.4, -0.2) is 20.5 Å². The maximum atomic E-state index is 4.38. The van der Waals surface area contributed by atoms with Gasteiger partial charge in [-0.05, 0) is 31.2 Å². The molecule has 1 aliphatic carbocycles. The smallest absolute Gasteiger partial charge is 0.191 e. The standard InChI is InChI=1S/C17H21N3S/c1-2-12-20-16(15-10-11-15)18-19-17(20)21-13-6-9-14-7-4-3-5-8-14/h2-5,7-8,15H,1,6,9-13H2. The fourth-order valence-electron chi connectivity index (χ4n) is 2.44. The van der Waals surface area contributed by atoms with Crippen LogP contribution in [0.1, 0.15) is 36.6 Å². The van der Waals surface area contributed by atoms with Crippen LogP contribution in [0.25, 0.3) is 0 Å². The lowest BCUT2D eigenvalue weighted by molar-refractivity contribution is 0.681. The largest absolute Gasteiger partial charge is 0.302 e. The van der Waals surface area contributed by atoms with Crippen LogP contribution in [0.4, 0.5) is 0 Å². The van der Waals surface area contributed by atoms with Crippen molar-refractivity contribution < 1.29 is 0 Å². The first-order chi connectivity index (χ1) is 10.4. The zero-order chi connectivity index (χ0) is 14.5. The summed E-state index contributed by atoms with van der Waals surface area (Å²) in [6, 6.07) is 10.7. The monoisotopic (exact) mass is 299 g/mol. The number of hydrogen-bond donors (Lipinski definition) is 0. The van der Waals surface area contributed by atoms with Crippen molar-refractivity contribution in [1.82, 2.24) is 14.8 Å². The molecule has 0 saturated heterocycles. The molecule has 1 saturated carbocycles. The topological polar surface area (TPSA) is 30.7 Å². The van der Waals surface area contributed by atoms with Gasteiger partial charge in [-0.2, -0.15) is 0 Å². The van der Waals surface area contributed by atoms with Crippen LogP contribution in [0.15, 0.2) is 48.1 Å². The van der Waals surface area contributed by atoms with E-state index in [4.69, 9.17) is 0 Å². The van der Waals surface area contributed by atoms with E-state index >= 15 is 0 Å². The van der Waals surface area contributed by atoms with Gasteiger partial charge >= 0.3 is 0 Å². The van der Waals surface area contributed by atoms with E-state index in [0.717, 1.165) is 36.1 Å². The molecule has 0 radical (unpaired) electrons. The van der Waals surface area contributed by atoms with Crippen molar-refractivity contribution >= 4 is 11.8 Å². The van der Waals surface area contributed by atoms with E-state index in [1.807, 2.05) is 17.8 Å². The quantitative estimate of drug-likeness (QED) is 0.418. The summed E-state index contributed by atoms with van der Waals surface area (Å²) >= 11 is 1.81. The molecule has 0 N–H and O–H groups in total. The first-order valence-electron chi connectivity index (χ1n) is 7.59. The lowest BCUT2D eigenvalue weighted by Gasteiger charge is -2.06. The van der Waals surface area contributed by atoms with Crippen LogP contribution in [0.3, 0.4) is 0 Å². The van der Waals surface area contributed by atoms with E-state index in [9.17, 15) is 0 Å². The molecule has 0 bridgehead atoms. The summed E-state index contributed by atoms with van der Waals surface area (Å²) in [5.74, 6) is 2.87. The molecule has 1 aliphatic rings. The average molecular weight is 299 g/mol. The fourth-order valence-corrected chi connectivity index (χ4v) is 3.33. The Bertz CT molecular complexity index is 587. The third-order valence-electron chi connectivity index (χ3n) is 3.68. The van der Waals surface area contributed by atoms with Crippen molar-refractivity contribution in [3.8, 4) is 0 Å². The maximum absolute atomic E-state index is 4.38. The van der Waals surface area contributed by atoms with Crippen LogP contribution >= 0.6 is 11.8 Å². The van der Waals surface area contributed by atoms with Gasteiger partial charge in [0.2, 0.25) is 0 Å². The van der Waals surface area contributed by atoms with E-state index in [1.54, 1.807) is 0 Å². The van der Waals surface area contributed by atoms with Crippen LogP contribution in [0.2, 0.25) is 0 Å². The normalized spacial score (nSPS) is 14.3. The summed E-state index contributed by atoms with van der Waals surface area (Å²) in [5, 5.41) is 9.79. The Morgan fingerprint density at radius 2 is 2.05 bits per heavy atom. The number of rotatable bonds is 8. The summed E-state index contributed by atoms with van der Waals surface area (Å²) in [6.45, 7) is 4.67. The molecule has 0 unspecified atom stereocenters. The molecule has 4 heteroatoms. The minimum atomic E-state index is 0.635. The van der Waals surface area contributed by atoms with Crippen molar-refractivity contribution in [3.05, 3.63) is 54.4 Å². The Hall–Kier alpha value is -1.55. The molecular weight excluding hydrogens is 278 g/mol. The molecule has 0 aliphatic heterocycles. The van der Waals surface area contributed by atoms with Gasteiger partial charge in [0.25, 0.3) is 0 Å². The summed E-state index contributed by atoms with van der Waals surface area (Å²) < 4.78 is 2.23. The first kappa shape index (κ1) is 14.4. The highest BCUT2D eigenvalue weighted by molar-refractivity contribution is 7.99. The fraction of sp³-hybridized carbons (Fsp3) is 0.412. The van der Waals surface area contributed by atoms with E-state index < -0.39 is 0 Å². The zero-order valence-electron chi connectivity index (χ0n) is 12.2. The molecular formula is C17H21N3S. The van der Waals surface area contributed by atoms with Gasteiger partial charge in [-0.25, -0.2) is 0 Å². The van der Waals surface area contributed by atoms with Crippen molar-refractivity contribution in [2.45, 2.75) is 43.3 Å². The van der Waals surface area contributed by atoms with Gasteiger partial charge in [0.05, 0.1) is 0 Å². The molecule has 1 heterocycles. The maximum Gasteiger partial charge on any atom is 0.191 e. The zero-order valence-corrected chi connectivity index (χ0v) is 13.1. The minimum absolute atomic E-state index is 0.635. The lowest BCUT2D eigenvalue weighted by atomic mass is 10.1. The predicted molar refractivity (Wildman–Crippen MR) is 87.7 cm³/mol.